The molecule has 1 saturated heterocycles. The molecule has 3 rings (SSSR count). The fraction of sp³-hybridized carbons (Fsp3) is 0.333. The molecule has 1 aliphatic heterocycles. The summed E-state index contributed by atoms with van der Waals surface area (Å²) in [6, 6.07) is 8.98. The lowest BCUT2D eigenvalue weighted by Crippen LogP contribution is -2.44. The first-order valence-corrected chi connectivity index (χ1v) is 10.4. The molecule has 2 amide bonds. The number of rotatable bonds is 6. The van der Waals surface area contributed by atoms with Crippen LogP contribution in [0.2, 0.25) is 5.02 Å². The van der Waals surface area contributed by atoms with Gasteiger partial charge in [-0.1, -0.05) is 17.7 Å². The van der Waals surface area contributed by atoms with E-state index in [4.69, 9.17) is 11.6 Å². The summed E-state index contributed by atoms with van der Waals surface area (Å²) in [6.07, 6.45) is 3.15. The first-order chi connectivity index (χ1) is 13.1. The normalized spacial score (nSPS) is 14.8. The molecular formula is C21H23ClN2O2S. The number of hydrogen-bond acceptors (Lipinski definition) is 3. The highest BCUT2D eigenvalue weighted by molar-refractivity contribution is 7.07. The van der Waals surface area contributed by atoms with Gasteiger partial charge in [0.1, 0.15) is 0 Å². The highest BCUT2D eigenvalue weighted by Gasteiger charge is 2.30. The summed E-state index contributed by atoms with van der Waals surface area (Å²) in [4.78, 5) is 29.3. The lowest BCUT2D eigenvalue weighted by atomic mass is 9.94. The van der Waals surface area contributed by atoms with Gasteiger partial charge in [-0.15, -0.1) is 6.58 Å². The van der Waals surface area contributed by atoms with Crippen LogP contribution >= 0.6 is 22.9 Å². The molecule has 0 radical (unpaired) electrons. The Kier molecular flexibility index (Phi) is 6.69. The van der Waals surface area contributed by atoms with Crippen LogP contribution in [-0.4, -0.2) is 41.2 Å². The minimum absolute atomic E-state index is 0.00112. The Morgan fingerprint density at radius 1 is 1.22 bits per heavy atom. The Labute approximate surface area is 169 Å². The van der Waals surface area contributed by atoms with E-state index in [1.165, 1.54) is 0 Å². The standard InChI is InChI=1S/C21H23ClN2O2S/c1-2-10-24(14-16-9-13-27-15-16)21(26)18-7-11-23(12-8-18)20(25)17-3-5-19(22)6-4-17/h2-6,9,13,15,18H,1,7-8,10-12,14H2. The first-order valence-electron chi connectivity index (χ1n) is 9.04. The number of amides is 2. The van der Waals surface area contributed by atoms with Gasteiger partial charge < -0.3 is 9.80 Å². The SMILES string of the molecule is C=CCN(Cc1ccsc1)C(=O)C1CCN(C(=O)c2ccc(Cl)cc2)CC1. The molecule has 0 bridgehead atoms. The lowest BCUT2D eigenvalue weighted by molar-refractivity contribution is -0.137. The maximum Gasteiger partial charge on any atom is 0.253 e. The van der Waals surface area contributed by atoms with E-state index in [9.17, 15) is 9.59 Å². The van der Waals surface area contributed by atoms with Gasteiger partial charge in [-0.3, -0.25) is 9.59 Å². The Bertz CT molecular complexity index is 781. The molecule has 1 aromatic carbocycles. The summed E-state index contributed by atoms with van der Waals surface area (Å²) in [6.45, 7) is 6.12. The quantitative estimate of drug-likeness (QED) is 0.669. The van der Waals surface area contributed by atoms with Crippen molar-refractivity contribution in [2.75, 3.05) is 19.6 Å². The monoisotopic (exact) mass is 402 g/mol. The van der Waals surface area contributed by atoms with Crippen LogP contribution in [0.4, 0.5) is 0 Å². The second kappa shape index (κ2) is 9.20. The van der Waals surface area contributed by atoms with Crippen LogP contribution in [0, 0.1) is 5.92 Å². The number of thiophene rings is 1. The van der Waals surface area contributed by atoms with Gasteiger partial charge in [0.2, 0.25) is 5.91 Å². The van der Waals surface area contributed by atoms with Crippen molar-refractivity contribution >= 4 is 34.8 Å². The van der Waals surface area contributed by atoms with Crippen molar-refractivity contribution in [3.8, 4) is 0 Å². The molecule has 0 atom stereocenters. The average Bonchev–Trinajstić information content (AvgIpc) is 3.20. The van der Waals surface area contributed by atoms with E-state index in [0.717, 1.165) is 5.56 Å². The molecule has 0 unspecified atom stereocenters. The fourth-order valence-electron chi connectivity index (χ4n) is 3.35. The van der Waals surface area contributed by atoms with E-state index in [1.807, 2.05) is 21.2 Å². The summed E-state index contributed by atoms with van der Waals surface area (Å²) in [5, 5.41) is 4.70. The molecule has 0 aliphatic carbocycles. The maximum absolute atomic E-state index is 13.0. The van der Waals surface area contributed by atoms with E-state index in [-0.39, 0.29) is 17.7 Å². The molecule has 0 spiro atoms. The molecule has 1 aliphatic rings. The zero-order valence-electron chi connectivity index (χ0n) is 15.1. The van der Waals surface area contributed by atoms with Crippen molar-refractivity contribution in [1.29, 1.82) is 0 Å². The molecule has 2 heterocycles. The third-order valence-corrected chi connectivity index (χ3v) is 5.82. The summed E-state index contributed by atoms with van der Waals surface area (Å²) in [5.74, 6) is 0.108. The van der Waals surface area contributed by atoms with Gasteiger partial charge in [0.15, 0.2) is 0 Å². The molecule has 27 heavy (non-hydrogen) atoms. The number of carbonyl (C=O) groups is 2. The predicted octanol–water partition coefficient (Wildman–Crippen LogP) is 4.47. The van der Waals surface area contributed by atoms with E-state index < -0.39 is 0 Å². The second-order valence-corrected chi connectivity index (χ2v) is 7.93. The molecule has 4 nitrogen and oxygen atoms in total. The minimum Gasteiger partial charge on any atom is -0.339 e. The topological polar surface area (TPSA) is 40.6 Å². The summed E-state index contributed by atoms with van der Waals surface area (Å²) >= 11 is 7.52. The van der Waals surface area contributed by atoms with Gasteiger partial charge >= 0.3 is 0 Å². The van der Waals surface area contributed by atoms with E-state index in [1.54, 1.807) is 41.7 Å². The number of benzene rings is 1. The highest BCUT2D eigenvalue weighted by Crippen LogP contribution is 2.23. The lowest BCUT2D eigenvalue weighted by Gasteiger charge is -2.34. The third kappa shape index (κ3) is 4.99. The van der Waals surface area contributed by atoms with E-state index >= 15 is 0 Å². The van der Waals surface area contributed by atoms with Crippen LogP contribution in [0.5, 0.6) is 0 Å². The number of hydrogen-bond donors (Lipinski definition) is 0. The molecule has 1 fully saturated rings. The number of carbonyl (C=O) groups excluding carboxylic acids is 2. The smallest absolute Gasteiger partial charge is 0.253 e. The van der Waals surface area contributed by atoms with Crippen molar-refractivity contribution in [3.63, 3.8) is 0 Å². The third-order valence-electron chi connectivity index (χ3n) is 4.84. The van der Waals surface area contributed by atoms with Crippen molar-refractivity contribution in [1.82, 2.24) is 9.80 Å². The van der Waals surface area contributed by atoms with Crippen LogP contribution in [-0.2, 0) is 11.3 Å². The van der Waals surface area contributed by atoms with E-state index in [0.29, 0.717) is 49.6 Å². The fourth-order valence-corrected chi connectivity index (χ4v) is 4.14. The van der Waals surface area contributed by atoms with Crippen molar-refractivity contribution in [2.45, 2.75) is 19.4 Å². The predicted molar refractivity (Wildman–Crippen MR) is 110 cm³/mol. The number of nitrogens with zero attached hydrogens (tertiary/aromatic N) is 2. The largest absolute Gasteiger partial charge is 0.339 e. The molecule has 1 aromatic heterocycles. The summed E-state index contributed by atoms with van der Waals surface area (Å²) < 4.78 is 0. The molecular weight excluding hydrogens is 380 g/mol. The van der Waals surface area contributed by atoms with Crippen molar-refractivity contribution < 1.29 is 9.59 Å². The maximum atomic E-state index is 13.0. The Balaban J connectivity index is 1.58. The van der Waals surface area contributed by atoms with Gasteiger partial charge in [0, 0.05) is 42.7 Å². The zero-order chi connectivity index (χ0) is 19.2. The van der Waals surface area contributed by atoms with Crippen LogP contribution in [0.3, 0.4) is 0 Å². The van der Waals surface area contributed by atoms with Crippen LogP contribution < -0.4 is 0 Å². The molecule has 142 valence electrons. The number of likely N-dealkylation sites (tertiary alicyclic amines) is 1. The highest BCUT2D eigenvalue weighted by atomic mass is 35.5. The van der Waals surface area contributed by atoms with Crippen molar-refractivity contribution in [3.05, 3.63) is 69.9 Å². The van der Waals surface area contributed by atoms with Crippen LogP contribution in [0.15, 0.2) is 53.7 Å². The number of halogens is 1. The zero-order valence-corrected chi connectivity index (χ0v) is 16.7. The Morgan fingerprint density at radius 3 is 2.52 bits per heavy atom. The Hall–Kier alpha value is -2.11. The van der Waals surface area contributed by atoms with Gasteiger partial charge in [-0.2, -0.15) is 11.3 Å². The molecule has 6 heteroatoms. The second-order valence-electron chi connectivity index (χ2n) is 6.71. The van der Waals surface area contributed by atoms with E-state index in [2.05, 4.69) is 12.0 Å². The molecule has 0 saturated carbocycles. The van der Waals surface area contributed by atoms with Gasteiger partial charge in [0.05, 0.1) is 0 Å². The van der Waals surface area contributed by atoms with Gasteiger partial charge in [-0.25, -0.2) is 0 Å². The van der Waals surface area contributed by atoms with Crippen LogP contribution in [0.25, 0.3) is 0 Å². The summed E-state index contributed by atoms with van der Waals surface area (Å²) in [7, 11) is 0. The minimum atomic E-state index is -0.0437. The molecule has 0 N–H and O–H groups in total. The van der Waals surface area contributed by atoms with Gasteiger partial charge in [-0.05, 0) is 59.5 Å². The molecule has 2 aromatic rings. The van der Waals surface area contributed by atoms with Crippen molar-refractivity contribution in [2.24, 2.45) is 5.92 Å². The Morgan fingerprint density at radius 2 is 1.93 bits per heavy atom. The number of piperidine rings is 1. The van der Waals surface area contributed by atoms with Crippen LogP contribution in [0.1, 0.15) is 28.8 Å². The average molecular weight is 403 g/mol. The summed E-state index contributed by atoms with van der Waals surface area (Å²) in [5.41, 5.74) is 1.78. The first kappa shape index (κ1) is 19.6. The van der Waals surface area contributed by atoms with Gasteiger partial charge in [0.25, 0.3) is 5.91 Å².